The summed E-state index contributed by atoms with van der Waals surface area (Å²) in [6.07, 6.45) is 2.48. The Bertz CT molecular complexity index is 1340. The number of Topliss-reactive ketones (excluding diaryl/α,β-unsaturated/α-hetero) is 1. The second-order valence-corrected chi connectivity index (χ2v) is 7.74. The molecule has 4 aromatic rings. The number of carbonyl (C=O) groups excluding carboxylic acids is 2. The minimum absolute atomic E-state index is 0.0490. The Morgan fingerprint density at radius 3 is 2.53 bits per heavy atom. The van der Waals surface area contributed by atoms with Crippen molar-refractivity contribution in [2.24, 2.45) is 0 Å². The molecule has 2 aromatic carbocycles. The third-order valence-electron chi connectivity index (χ3n) is 5.61. The lowest BCUT2D eigenvalue weighted by molar-refractivity contribution is 0.0520. The number of carbonyl (C=O) groups is 2. The number of hydrogen-bond acceptors (Lipinski definition) is 6. The number of nitrogens with one attached hydrogen (secondary N) is 1. The number of H-pyrrole nitrogens is 1. The van der Waals surface area contributed by atoms with Crippen molar-refractivity contribution in [3.05, 3.63) is 77.7 Å². The van der Waals surface area contributed by atoms with Crippen LogP contribution < -0.4 is 9.47 Å². The molecule has 7 heteroatoms. The summed E-state index contributed by atoms with van der Waals surface area (Å²) >= 11 is 0. The van der Waals surface area contributed by atoms with Crippen molar-refractivity contribution in [2.45, 2.75) is 19.8 Å². The van der Waals surface area contributed by atoms with Gasteiger partial charge in [-0.1, -0.05) is 12.1 Å². The number of methoxy groups -OCH3 is 2. The molecule has 1 N–H and O–H groups in total. The minimum atomic E-state index is -0.384. The first-order chi connectivity index (χ1) is 16.5. The summed E-state index contributed by atoms with van der Waals surface area (Å²) in [5.41, 5.74) is 4.39. The lowest BCUT2D eigenvalue weighted by atomic mass is 10.0. The van der Waals surface area contributed by atoms with Gasteiger partial charge in [0.25, 0.3) is 0 Å². The molecule has 34 heavy (non-hydrogen) atoms. The predicted octanol–water partition coefficient (Wildman–Crippen LogP) is 5.24. The molecule has 0 saturated carbocycles. The van der Waals surface area contributed by atoms with Gasteiger partial charge in [-0.15, -0.1) is 0 Å². The maximum absolute atomic E-state index is 12.9. The van der Waals surface area contributed by atoms with Gasteiger partial charge in [0, 0.05) is 29.6 Å². The zero-order chi connectivity index (χ0) is 24.1. The second kappa shape index (κ2) is 10.2. The maximum atomic E-state index is 12.9. The van der Waals surface area contributed by atoms with Crippen molar-refractivity contribution in [1.82, 2.24) is 9.97 Å². The van der Waals surface area contributed by atoms with Gasteiger partial charge in [-0.2, -0.15) is 0 Å². The predicted molar refractivity (Wildman–Crippen MR) is 130 cm³/mol. The molecular weight excluding hydrogens is 432 g/mol. The van der Waals surface area contributed by atoms with Crippen molar-refractivity contribution < 1.29 is 23.8 Å². The molecule has 0 aliphatic carbocycles. The molecule has 0 aliphatic rings. The zero-order valence-corrected chi connectivity index (χ0v) is 19.4. The number of ketones is 1. The quantitative estimate of drug-likeness (QED) is 0.273. The number of benzene rings is 2. The number of aromatic amines is 1. The molecule has 0 spiro atoms. The Balaban J connectivity index is 1.52. The first-order valence-electron chi connectivity index (χ1n) is 11.0. The molecule has 0 radical (unpaired) electrons. The van der Waals surface area contributed by atoms with Gasteiger partial charge >= 0.3 is 5.97 Å². The van der Waals surface area contributed by atoms with Gasteiger partial charge < -0.3 is 19.2 Å². The van der Waals surface area contributed by atoms with Gasteiger partial charge in [0.15, 0.2) is 5.78 Å². The summed E-state index contributed by atoms with van der Waals surface area (Å²) in [6, 6.07) is 16.8. The number of fused-ring (bicyclic) bond motifs is 1. The van der Waals surface area contributed by atoms with Gasteiger partial charge in [-0.05, 0) is 66.4 Å². The number of nitrogens with zero attached hydrogens (tertiary/aromatic N) is 1. The Hall–Kier alpha value is -4.13. The highest BCUT2D eigenvalue weighted by Gasteiger charge is 2.14. The van der Waals surface area contributed by atoms with Gasteiger partial charge in [-0.3, -0.25) is 9.78 Å². The van der Waals surface area contributed by atoms with Crippen LogP contribution in [-0.2, 0) is 11.2 Å². The van der Waals surface area contributed by atoms with Crippen LogP contribution in [-0.4, -0.2) is 42.5 Å². The lowest BCUT2D eigenvalue weighted by Gasteiger charge is -2.10. The number of ether oxygens (including phenoxy) is 3. The van der Waals surface area contributed by atoms with Crippen LogP contribution in [0.2, 0.25) is 0 Å². The summed E-state index contributed by atoms with van der Waals surface area (Å²) in [6.45, 7) is 2.09. The van der Waals surface area contributed by atoms with E-state index >= 15 is 0 Å². The van der Waals surface area contributed by atoms with E-state index in [1.807, 2.05) is 42.5 Å². The first kappa shape index (κ1) is 23.0. The van der Waals surface area contributed by atoms with Crippen molar-refractivity contribution in [3.63, 3.8) is 0 Å². The summed E-state index contributed by atoms with van der Waals surface area (Å²) in [7, 11) is 3.20. The van der Waals surface area contributed by atoms with E-state index in [0.717, 1.165) is 27.6 Å². The average molecular weight is 459 g/mol. The van der Waals surface area contributed by atoms with Gasteiger partial charge in [0.05, 0.1) is 20.8 Å². The molecule has 0 unspecified atom stereocenters. The van der Waals surface area contributed by atoms with E-state index in [1.54, 1.807) is 39.5 Å². The van der Waals surface area contributed by atoms with Crippen LogP contribution in [0.25, 0.3) is 22.0 Å². The van der Waals surface area contributed by atoms with Crippen LogP contribution in [0, 0.1) is 0 Å². The molecule has 0 atom stereocenters. The fourth-order valence-corrected chi connectivity index (χ4v) is 3.83. The second-order valence-electron chi connectivity index (χ2n) is 7.74. The van der Waals surface area contributed by atoms with Crippen molar-refractivity contribution in [2.75, 3.05) is 20.8 Å². The van der Waals surface area contributed by atoms with Crippen molar-refractivity contribution in [3.8, 4) is 22.6 Å². The van der Waals surface area contributed by atoms with E-state index in [0.29, 0.717) is 42.3 Å². The van der Waals surface area contributed by atoms with Crippen LogP contribution in [0.4, 0.5) is 0 Å². The average Bonchev–Trinajstić information content (AvgIpc) is 3.31. The van der Waals surface area contributed by atoms with Crippen LogP contribution in [0.1, 0.15) is 39.9 Å². The molecule has 7 nitrogen and oxygen atoms in total. The number of pyridine rings is 1. The highest BCUT2D eigenvalue weighted by molar-refractivity contribution is 5.97. The molecule has 174 valence electrons. The molecule has 0 saturated heterocycles. The summed E-state index contributed by atoms with van der Waals surface area (Å²) in [5, 5.41) is 0.886. The monoisotopic (exact) mass is 458 g/mol. The van der Waals surface area contributed by atoms with Crippen molar-refractivity contribution >= 4 is 22.7 Å². The number of hydrogen-bond donors (Lipinski definition) is 1. The maximum Gasteiger partial charge on any atom is 0.354 e. The lowest BCUT2D eigenvalue weighted by Crippen LogP contribution is -2.05. The van der Waals surface area contributed by atoms with Crippen LogP contribution in [0.3, 0.4) is 0 Å². The van der Waals surface area contributed by atoms with Crippen LogP contribution >= 0.6 is 0 Å². The SMILES string of the molecule is CCOC(=O)c1cc2cc(-c3ccnc(C(=O)CCc4ccc(OC)cc4OC)c3)ccc2[nH]1. The first-order valence-corrected chi connectivity index (χ1v) is 11.0. The van der Waals surface area contributed by atoms with Gasteiger partial charge in [0.1, 0.15) is 22.9 Å². The van der Waals surface area contributed by atoms with E-state index in [1.165, 1.54) is 0 Å². The third-order valence-corrected chi connectivity index (χ3v) is 5.61. The van der Waals surface area contributed by atoms with E-state index in [9.17, 15) is 9.59 Å². The summed E-state index contributed by atoms with van der Waals surface area (Å²) in [5.74, 6) is 0.962. The van der Waals surface area contributed by atoms with Crippen molar-refractivity contribution in [1.29, 1.82) is 0 Å². The van der Waals surface area contributed by atoms with Crippen LogP contribution in [0.15, 0.2) is 60.8 Å². The largest absolute Gasteiger partial charge is 0.497 e. The Morgan fingerprint density at radius 2 is 1.76 bits per heavy atom. The number of rotatable bonds is 9. The van der Waals surface area contributed by atoms with Gasteiger partial charge in [0.2, 0.25) is 0 Å². The standard InChI is InChI=1S/C27H26N2O5/c1-4-34-27(31)24-15-20-13-18(6-9-22(20)29-24)19-11-12-28-23(14-19)25(30)10-7-17-5-8-21(32-2)16-26(17)33-3/h5-6,8-9,11-16,29H,4,7,10H2,1-3H3. The molecule has 0 amide bonds. The Morgan fingerprint density at radius 1 is 0.941 bits per heavy atom. The van der Waals surface area contributed by atoms with Crippen LogP contribution in [0.5, 0.6) is 11.5 Å². The van der Waals surface area contributed by atoms with Gasteiger partial charge in [-0.25, -0.2) is 4.79 Å². The smallest absolute Gasteiger partial charge is 0.354 e. The fourth-order valence-electron chi connectivity index (χ4n) is 3.83. The molecular formula is C27H26N2O5. The fraction of sp³-hybridized carbons (Fsp3) is 0.222. The minimum Gasteiger partial charge on any atom is -0.497 e. The summed E-state index contributed by atoms with van der Waals surface area (Å²) < 4.78 is 15.7. The highest BCUT2D eigenvalue weighted by atomic mass is 16.5. The van der Waals surface area contributed by atoms with E-state index < -0.39 is 0 Å². The third kappa shape index (κ3) is 4.93. The zero-order valence-electron chi connectivity index (χ0n) is 19.4. The number of esters is 1. The number of aromatic nitrogens is 2. The normalized spacial score (nSPS) is 10.8. The highest BCUT2D eigenvalue weighted by Crippen LogP contribution is 2.28. The Labute approximate surface area is 197 Å². The van der Waals surface area contributed by atoms with E-state index in [-0.39, 0.29) is 11.8 Å². The molecule has 0 fully saturated rings. The summed E-state index contributed by atoms with van der Waals surface area (Å²) in [4.78, 5) is 32.3. The molecule has 4 rings (SSSR count). The van der Waals surface area contributed by atoms with E-state index in [2.05, 4.69) is 9.97 Å². The molecule has 2 heterocycles. The van der Waals surface area contributed by atoms with E-state index in [4.69, 9.17) is 14.2 Å². The molecule has 2 aromatic heterocycles. The molecule has 0 bridgehead atoms. The topological polar surface area (TPSA) is 90.5 Å². The number of aryl methyl sites for hydroxylation is 1. The molecule has 0 aliphatic heterocycles. The Kier molecular flexibility index (Phi) is 6.92.